The summed E-state index contributed by atoms with van der Waals surface area (Å²) in [5.41, 5.74) is 2.67. The maximum absolute atomic E-state index is 5.81. The second kappa shape index (κ2) is 5.72. The van der Waals surface area contributed by atoms with Gasteiger partial charge in [-0.15, -0.1) is 0 Å². The van der Waals surface area contributed by atoms with E-state index in [1.54, 1.807) is 0 Å². The van der Waals surface area contributed by atoms with Crippen LogP contribution in [0.2, 0.25) is 0 Å². The third kappa shape index (κ3) is 3.13. The van der Waals surface area contributed by atoms with Crippen LogP contribution >= 0.6 is 0 Å². The van der Waals surface area contributed by atoms with E-state index in [0.717, 1.165) is 17.9 Å². The van der Waals surface area contributed by atoms with Crippen LogP contribution in [0.15, 0.2) is 48.5 Å². The van der Waals surface area contributed by atoms with Crippen LogP contribution in [0.3, 0.4) is 0 Å². The Balaban J connectivity index is 2.08. The highest BCUT2D eigenvalue weighted by Gasteiger charge is 2.00. The van der Waals surface area contributed by atoms with Gasteiger partial charge in [-0.3, -0.25) is 0 Å². The molecule has 0 aliphatic carbocycles. The third-order valence-corrected chi connectivity index (χ3v) is 3.11. The molecule has 0 amide bonds. The Bertz CT molecular complexity index is 480. The number of ether oxygens (including phenoxy) is 1. The zero-order valence-corrected chi connectivity index (χ0v) is 11.3. The van der Waals surface area contributed by atoms with Crippen LogP contribution in [-0.4, -0.2) is 0 Å². The summed E-state index contributed by atoms with van der Waals surface area (Å²) in [6.07, 6.45) is 1.06. The Morgan fingerprint density at radius 2 is 1.33 bits per heavy atom. The van der Waals surface area contributed by atoms with Gasteiger partial charge in [0.1, 0.15) is 11.5 Å². The predicted octanol–water partition coefficient (Wildman–Crippen LogP) is 5.16. The maximum Gasteiger partial charge on any atom is 0.127 e. The smallest absolute Gasteiger partial charge is 0.127 e. The van der Waals surface area contributed by atoms with Gasteiger partial charge in [0.2, 0.25) is 0 Å². The standard InChI is InChI=1S/C17H20O/c1-4-14-5-9-16(10-6-14)18-17-11-7-15(8-12-17)13(2)3/h5-13H,4H2,1-3H3. The summed E-state index contributed by atoms with van der Waals surface area (Å²) in [5, 5.41) is 0. The Labute approximate surface area is 109 Å². The molecular formula is C17H20O. The van der Waals surface area contributed by atoms with Gasteiger partial charge in [0.25, 0.3) is 0 Å². The molecule has 2 aromatic rings. The summed E-state index contributed by atoms with van der Waals surface area (Å²) in [7, 11) is 0. The van der Waals surface area contributed by atoms with Gasteiger partial charge in [-0.05, 0) is 47.7 Å². The minimum absolute atomic E-state index is 0.558. The fourth-order valence-electron chi connectivity index (χ4n) is 1.85. The van der Waals surface area contributed by atoms with E-state index in [0.29, 0.717) is 5.92 Å². The van der Waals surface area contributed by atoms with Crippen LogP contribution < -0.4 is 4.74 Å². The molecule has 2 rings (SSSR count). The molecule has 94 valence electrons. The number of hydrogen-bond acceptors (Lipinski definition) is 1. The highest BCUT2D eigenvalue weighted by molar-refractivity contribution is 5.35. The van der Waals surface area contributed by atoms with Crippen molar-refractivity contribution < 1.29 is 4.74 Å². The van der Waals surface area contributed by atoms with Gasteiger partial charge >= 0.3 is 0 Å². The lowest BCUT2D eigenvalue weighted by Gasteiger charge is -2.09. The number of rotatable bonds is 4. The Morgan fingerprint density at radius 3 is 1.78 bits per heavy atom. The first-order chi connectivity index (χ1) is 8.69. The molecular weight excluding hydrogens is 220 g/mol. The van der Waals surface area contributed by atoms with E-state index in [9.17, 15) is 0 Å². The van der Waals surface area contributed by atoms with Crippen molar-refractivity contribution in [3.63, 3.8) is 0 Å². The van der Waals surface area contributed by atoms with Crippen LogP contribution in [-0.2, 0) is 6.42 Å². The van der Waals surface area contributed by atoms with Gasteiger partial charge in [-0.25, -0.2) is 0 Å². The molecule has 0 aliphatic rings. The lowest BCUT2D eigenvalue weighted by atomic mass is 10.0. The molecule has 0 unspecified atom stereocenters. The van der Waals surface area contributed by atoms with E-state index < -0.39 is 0 Å². The lowest BCUT2D eigenvalue weighted by Crippen LogP contribution is -1.88. The van der Waals surface area contributed by atoms with E-state index in [1.165, 1.54) is 11.1 Å². The van der Waals surface area contributed by atoms with Crippen molar-refractivity contribution >= 4 is 0 Å². The average molecular weight is 240 g/mol. The van der Waals surface area contributed by atoms with Crippen molar-refractivity contribution in [1.29, 1.82) is 0 Å². The normalized spacial score (nSPS) is 10.7. The molecule has 0 atom stereocenters. The number of aryl methyl sites for hydroxylation is 1. The van der Waals surface area contributed by atoms with Crippen LogP contribution in [0.5, 0.6) is 11.5 Å². The minimum Gasteiger partial charge on any atom is -0.457 e. The van der Waals surface area contributed by atoms with Crippen LogP contribution in [0.1, 0.15) is 37.8 Å². The molecule has 0 spiro atoms. The second-order valence-corrected chi connectivity index (χ2v) is 4.82. The highest BCUT2D eigenvalue weighted by Crippen LogP contribution is 2.24. The molecule has 1 heteroatoms. The predicted molar refractivity (Wildman–Crippen MR) is 76.4 cm³/mol. The molecule has 0 aromatic heterocycles. The van der Waals surface area contributed by atoms with E-state index >= 15 is 0 Å². The second-order valence-electron chi connectivity index (χ2n) is 4.82. The van der Waals surface area contributed by atoms with Crippen molar-refractivity contribution in [1.82, 2.24) is 0 Å². The summed E-state index contributed by atoms with van der Waals surface area (Å²) >= 11 is 0. The first-order valence-electron chi connectivity index (χ1n) is 6.56. The fraction of sp³-hybridized carbons (Fsp3) is 0.294. The maximum atomic E-state index is 5.81. The Morgan fingerprint density at radius 1 is 0.833 bits per heavy atom. The first-order valence-corrected chi connectivity index (χ1v) is 6.56. The summed E-state index contributed by atoms with van der Waals surface area (Å²) in [6, 6.07) is 16.6. The monoisotopic (exact) mass is 240 g/mol. The quantitative estimate of drug-likeness (QED) is 0.716. The average Bonchev–Trinajstić information content (AvgIpc) is 2.40. The molecule has 0 fully saturated rings. The van der Waals surface area contributed by atoms with Gasteiger partial charge in [-0.2, -0.15) is 0 Å². The van der Waals surface area contributed by atoms with E-state index in [1.807, 2.05) is 24.3 Å². The van der Waals surface area contributed by atoms with Crippen molar-refractivity contribution in [3.8, 4) is 11.5 Å². The van der Waals surface area contributed by atoms with Crippen molar-refractivity contribution in [3.05, 3.63) is 59.7 Å². The van der Waals surface area contributed by atoms with Crippen molar-refractivity contribution in [2.75, 3.05) is 0 Å². The SMILES string of the molecule is CCc1ccc(Oc2ccc(C(C)C)cc2)cc1. The van der Waals surface area contributed by atoms with Gasteiger partial charge in [0, 0.05) is 0 Å². The largest absolute Gasteiger partial charge is 0.457 e. The summed E-state index contributed by atoms with van der Waals surface area (Å²) in [5.74, 6) is 2.34. The summed E-state index contributed by atoms with van der Waals surface area (Å²) in [4.78, 5) is 0. The van der Waals surface area contributed by atoms with Crippen molar-refractivity contribution in [2.24, 2.45) is 0 Å². The Hall–Kier alpha value is -1.76. The molecule has 0 saturated heterocycles. The van der Waals surface area contributed by atoms with E-state index in [4.69, 9.17) is 4.74 Å². The molecule has 0 saturated carbocycles. The molecule has 2 aromatic carbocycles. The van der Waals surface area contributed by atoms with Crippen LogP contribution in [0, 0.1) is 0 Å². The third-order valence-electron chi connectivity index (χ3n) is 3.11. The molecule has 18 heavy (non-hydrogen) atoms. The molecule has 0 radical (unpaired) electrons. The molecule has 0 N–H and O–H groups in total. The zero-order chi connectivity index (χ0) is 13.0. The molecule has 0 heterocycles. The van der Waals surface area contributed by atoms with Gasteiger partial charge < -0.3 is 4.74 Å². The van der Waals surface area contributed by atoms with Gasteiger partial charge in [-0.1, -0.05) is 45.0 Å². The number of benzene rings is 2. The molecule has 0 bridgehead atoms. The van der Waals surface area contributed by atoms with Crippen LogP contribution in [0.4, 0.5) is 0 Å². The van der Waals surface area contributed by atoms with E-state index in [2.05, 4.69) is 45.0 Å². The zero-order valence-electron chi connectivity index (χ0n) is 11.3. The fourth-order valence-corrected chi connectivity index (χ4v) is 1.85. The molecule has 1 nitrogen and oxygen atoms in total. The first kappa shape index (κ1) is 12.7. The van der Waals surface area contributed by atoms with Crippen molar-refractivity contribution in [2.45, 2.75) is 33.1 Å². The topological polar surface area (TPSA) is 9.23 Å². The van der Waals surface area contributed by atoms with Gasteiger partial charge in [0.05, 0.1) is 0 Å². The van der Waals surface area contributed by atoms with Crippen LogP contribution in [0.25, 0.3) is 0 Å². The summed E-state index contributed by atoms with van der Waals surface area (Å²) < 4.78 is 5.81. The summed E-state index contributed by atoms with van der Waals surface area (Å²) in [6.45, 7) is 6.54. The minimum atomic E-state index is 0.558. The van der Waals surface area contributed by atoms with E-state index in [-0.39, 0.29) is 0 Å². The lowest BCUT2D eigenvalue weighted by molar-refractivity contribution is 0.482. The Kier molecular flexibility index (Phi) is 4.03. The number of hydrogen-bond donors (Lipinski definition) is 0. The molecule has 0 aliphatic heterocycles. The van der Waals surface area contributed by atoms with Gasteiger partial charge in [0.15, 0.2) is 0 Å². The highest BCUT2D eigenvalue weighted by atomic mass is 16.5.